The quantitative estimate of drug-likeness (QED) is 0.185. The number of non-ortho nitro benzene ring substituents is 1. The summed E-state index contributed by atoms with van der Waals surface area (Å²) in [5.74, 6) is -1.71. The standard InChI is InChI=1S/C22H22N6O6S/c1-12(2)18(24-20(30)13-5-4-8-16(10-13)28(33)34)19-25-22(27-26-19)35-11-17(29)23-15-7-3-6-14(9-15)21(31)32/h3-10,12,18H,11H2,1-2H3,(H,23,29)(H,24,30)(H,31,32)(H,25,26,27)/t18-/m0/s1. The molecule has 0 bridgehead atoms. The maximum atomic E-state index is 12.7. The molecular formula is C22H22N6O6S. The summed E-state index contributed by atoms with van der Waals surface area (Å²) in [7, 11) is 0. The number of hydrogen-bond acceptors (Lipinski definition) is 8. The van der Waals surface area contributed by atoms with Gasteiger partial charge in [-0.3, -0.25) is 24.8 Å². The lowest BCUT2D eigenvalue weighted by Crippen LogP contribution is -2.32. The maximum absolute atomic E-state index is 12.7. The number of aromatic carboxylic acids is 1. The number of H-pyrrole nitrogens is 1. The van der Waals surface area contributed by atoms with Crippen molar-refractivity contribution in [2.24, 2.45) is 5.92 Å². The van der Waals surface area contributed by atoms with Crippen LogP contribution in [0.25, 0.3) is 0 Å². The van der Waals surface area contributed by atoms with Crippen LogP contribution in [0.3, 0.4) is 0 Å². The minimum Gasteiger partial charge on any atom is -0.478 e. The molecule has 0 unspecified atom stereocenters. The normalized spacial score (nSPS) is 11.6. The fourth-order valence-corrected chi connectivity index (χ4v) is 3.66. The van der Waals surface area contributed by atoms with E-state index in [9.17, 15) is 24.5 Å². The van der Waals surface area contributed by atoms with Gasteiger partial charge in [0, 0.05) is 23.4 Å². The van der Waals surface area contributed by atoms with Crippen LogP contribution in [0.2, 0.25) is 0 Å². The van der Waals surface area contributed by atoms with Gasteiger partial charge in [0.1, 0.15) is 5.82 Å². The molecule has 0 saturated heterocycles. The van der Waals surface area contributed by atoms with Crippen molar-refractivity contribution in [1.82, 2.24) is 20.5 Å². The second kappa shape index (κ2) is 11.2. The molecule has 12 nitrogen and oxygen atoms in total. The van der Waals surface area contributed by atoms with Crippen LogP contribution < -0.4 is 10.6 Å². The Hall–Kier alpha value is -4.26. The van der Waals surface area contributed by atoms with E-state index in [0.717, 1.165) is 11.8 Å². The second-order valence-electron chi connectivity index (χ2n) is 7.73. The van der Waals surface area contributed by atoms with Crippen LogP contribution in [0, 0.1) is 16.0 Å². The summed E-state index contributed by atoms with van der Waals surface area (Å²) in [6.07, 6.45) is 0. The molecule has 35 heavy (non-hydrogen) atoms. The molecule has 0 radical (unpaired) electrons. The summed E-state index contributed by atoms with van der Waals surface area (Å²) >= 11 is 1.06. The van der Waals surface area contributed by atoms with Gasteiger partial charge in [0.2, 0.25) is 11.1 Å². The van der Waals surface area contributed by atoms with Gasteiger partial charge in [0.05, 0.1) is 22.3 Å². The summed E-state index contributed by atoms with van der Waals surface area (Å²) in [6.45, 7) is 3.73. The van der Waals surface area contributed by atoms with Gasteiger partial charge in [0.15, 0.2) is 0 Å². The molecule has 0 aliphatic rings. The summed E-state index contributed by atoms with van der Waals surface area (Å²) in [5.41, 5.74) is 0.364. The zero-order valence-electron chi connectivity index (χ0n) is 18.7. The second-order valence-corrected chi connectivity index (χ2v) is 8.67. The van der Waals surface area contributed by atoms with Gasteiger partial charge in [-0.25, -0.2) is 9.78 Å². The lowest BCUT2D eigenvalue weighted by molar-refractivity contribution is -0.384. The number of benzene rings is 2. The van der Waals surface area contributed by atoms with Crippen molar-refractivity contribution in [3.05, 3.63) is 75.6 Å². The lowest BCUT2D eigenvalue weighted by atomic mass is 10.0. The summed E-state index contributed by atoms with van der Waals surface area (Å²) in [6, 6.07) is 10.7. The van der Waals surface area contributed by atoms with Crippen LogP contribution in [0.1, 0.15) is 46.4 Å². The van der Waals surface area contributed by atoms with Crippen molar-refractivity contribution in [3.8, 4) is 0 Å². The number of aromatic amines is 1. The van der Waals surface area contributed by atoms with Crippen LogP contribution in [0.4, 0.5) is 11.4 Å². The van der Waals surface area contributed by atoms with Gasteiger partial charge in [-0.05, 0) is 30.2 Å². The molecule has 0 fully saturated rings. The number of nitrogens with zero attached hydrogens (tertiary/aromatic N) is 3. The number of hydrogen-bond donors (Lipinski definition) is 4. The Labute approximate surface area is 203 Å². The van der Waals surface area contributed by atoms with Crippen LogP contribution >= 0.6 is 11.8 Å². The van der Waals surface area contributed by atoms with Crippen molar-refractivity contribution in [2.45, 2.75) is 25.0 Å². The van der Waals surface area contributed by atoms with E-state index in [2.05, 4.69) is 25.8 Å². The SMILES string of the molecule is CC(C)[C@H](NC(=O)c1cccc([N+](=O)[O-])c1)c1nc(SCC(=O)Nc2cccc(C(=O)O)c2)n[nH]1. The fraction of sp³-hybridized carbons (Fsp3) is 0.227. The molecule has 1 atom stereocenters. The van der Waals surface area contributed by atoms with Crippen molar-refractivity contribution in [1.29, 1.82) is 0 Å². The van der Waals surface area contributed by atoms with Gasteiger partial charge in [-0.1, -0.05) is 37.7 Å². The van der Waals surface area contributed by atoms with Crippen molar-refractivity contribution < 1.29 is 24.4 Å². The number of carbonyl (C=O) groups is 3. The highest BCUT2D eigenvalue weighted by Gasteiger charge is 2.24. The number of nitrogens with one attached hydrogen (secondary N) is 3. The minimum atomic E-state index is -1.10. The predicted molar refractivity (Wildman–Crippen MR) is 127 cm³/mol. The molecule has 1 aromatic heterocycles. The Morgan fingerprint density at radius 3 is 2.54 bits per heavy atom. The van der Waals surface area contributed by atoms with Gasteiger partial charge in [0.25, 0.3) is 11.6 Å². The highest BCUT2D eigenvalue weighted by atomic mass is 32.2. The number of carboxylic acid groups (broad SMARTS) is 1. The number of aromatic nitrogens is 3. The first-order valence-electron chi connectivity index (χ1n) is 10.4. The van der Waals surface area contributed by atoms with Gasteiger partial charge in [-0.2, -0.15) is 0 Å². The molecule has 13 heteroatoms. The molecule has 2 amide bonds. The number of thioether (sulfide) groups is 1. The average Bonchev–Trinajstić information content (AvgIpc) is 3.29. The highest BCUT2D eigenvalue weighted by Crippen LogP contribution is 2.23. The predicted octanol–water partition coefficient (Wildman–Crippen LogP) is 3.27. The Balaban J connectivity index is 1.62. The summed E-state index contributed by atoms with van der Waals surface area (Å²) in [5, 5.41) is 32.6. The zero-order valence-corrected chi connectivity index (χ0v) is 19.5. The topological polar surface area (TPSA) is 180 Å². The number of amides is 2. The Morgan fingerprint density at radius 1 is 1.14 bits per heavy atom. The number of nitro benzene ring substituents is 1. The molecule has 0 aliphatic carbocycles. The van der Waals surface area contributed by atoms with Crippen molar-refractivity contribution in [3.63, 3.8) is 0 Å². The Morgan fingerprint density at radius 2 is 1.86 bits per heavy atom. The van der Waals surface area contributed by atoms with E-state index in [1.165, 1.54) is 42.5 Å². The van der Waals surface area contributed by atoms with E-state index < -0.39 is 22.8 Å². The summed E-state index contributed by atoms with van der Waals surface area (Å²) < 4.78 is 0. The van der Waals surface area contributed by atoms with Crippen LogP contribution in [0.15, 0.2) is 53.7 Å². The molecular weight excluding hydrogens is 476 g/mol. The monoisotopic (exact) mass is 498 g/mol. The molecule has 4 N–H and O–H groups in total. The number of carboxylic acids is 1. The number of anilines is 1. The highest BCUT2D eigenvalue weighted by molar-refractivity contribution is 7.99. The van der Waals surface area contributed by atoms with Crippen LogP contribution in [-0.2, 0) is 4.79 Å². The van der Waals surface area contributed by atoms with E-state index in [4.69, 9.17) is 5.11 Å². The van der Waals surface area contributed by atoms with Gasteiger partial charge in [-0.15, -0.1) is 5.10 Å². The number of carbonyl (C=O) groups excluding carboxylic acids is 2. The maximum Gasteiger partial charge on any atom is 0.335 e. The van der Waals surface area contributed by atoms with E-state index in [1.54, 1.807) is 6.07 Å². The third kappa shape index (κ3) is 6.86. The Bertz CT molecular complexity index is 1260. The molecule has 182 valence electrons. The van der Waals surface area contributed by atoms with Crippen LogP contribution in [0.5, 0.6) is 0 Å². The van der Waals surface area contributed by atoms with Crippen molar-refractivity contribution in [2.75, 3.05) is 11.1 Å². The molecule has 2 aromatic carbocycles. The van der Waals surface area contributed by atoms with E-state index in [0.29, 0.717) is 11.5 Å². The first-order valence-corrected chi connectivity index (χ1v) is 11.4. The first kappa shape index (κ1) is 25.4. The Kier molecular flexibility index (Phi) is 8.15. The fourth-order valence-electron chi connectivity index (χ4n) is 3.05. The molecule has 1 heterocycles. The zero-order chi connectivity index (χ0) is 25.5. The van der Waals surface area contributed by atoms with Gasteiger partial charge >= 0.3 is 5.97 Å². The van der Waals surface area contributed by atoms with Gasteiger partial charge < -0.3 is 15.7 Å². The van der Waals surface area contributed by atoms with E-state index in [-0.39, 0.29) is 39.5 Å². The summed E-state index contributed by atoms with van der Waals surface area (Å²) in [4.78, 5) is 50.7. The number of nitro groups is 1. The molecule has 0 aliphatic heterocycles. The molecule has 0 saturated carbocycles. The van der Waals surface area contributed by atoms with Crippen molar-refractivity contribution >= 4 is 40.9 Å². The lowest BCUT2D eigenvalue weighted by Gasteiger charge is -2.19. The van der Waals surface area contributed by atoms with E-state index in [1.807, 2.05) is 13.8 Å². The molecule has 3 rings (SSSR count). The molecule has 3 aromatic rings. The molecule has 0 spiro atoms. The van der Waals surface area contributed by atoms with Crippen LogP contribution in [-0.4, -0.2) is 48.7 Å². The smallest absolute Gasteiger partial charge is 0.335 e. The largest absolute Gasteiger partial charge is 0.478 e. The third-order valence-electron chi connectivity index (χ3n) is 4.77. The average molecular weight is 499 g/mol. The number of rotatable bonds is 10. The minimum absolute atomic E-state index is 0.0268. The third-order valence-corrected chi connectivity index (χ3v) is 5.62. The van der Waals surface area contributed by atoms with E-state index >= 15 is 0 Å². The first-order chi connectivity index (χ1) is 16.6.